The van der Waals surface area contributed by atoms with Gasteiger partial charge < -0.3 is 70.8 Å². The molecule has 1 aromatic rings. The van der Waals surface area contributed by atoms with Crippen molar-refractivity contribution in [3.05, 3.63) is 35.9 Å². The predicted octanol–water partition coefficient (Wildman–Crippen LogP) is -1.68. The number of unbranched alkanes of at least 4 members (excludes halogenated alkanes) is 1. The summed E-state index contributed by atoms with van der Waals surface area (Å²) in [4.78, 5) is 143. The second kappa shape index (κ2) is 31.0. The van der Waals surface area contributed by atoms with E-state index in [0.29, 0.717) is 44.1 Å². The van der Waals surface area contributed by atoms with Crippen LogP contribution in [0.2, 0.25) is 0 Å². The number of benzene rings is 1. The highest BCUT2D eigenvalue weighted by Gasteiger charge is 2.42. The Labute approximate surface area is 446 Å². The number of aliphatic imine (C=N–C) groups is 1. The number of nitrogens with two attached hydrogens (primary N) is 5. The molecule has 75 heavy (non-hydrogen) atoms. The molecule has 0 aromatic heterocycles. The van der Waals surface area contributed by atoms with E-state index in [1.54, 1.807) is 30.3 Å². The van der Waals surface area contributed by atoms with Crippen molar-refractivity contribution < 1.29 is 47.9 Å². The van der Waals surface area contributed by atoms with E-state index in [1.165, 1.54) is 26.5 Å². The number of guanidine groups is 1. The lowest BCUT2D eigenvalue weighted by atomic mass is 9.85. The first-order valence-electron chi connectivity index (χ1n) is 25.8. The van der Waals surface area contributed by atoms with Crippen molar-refractivity contribution in [2.45, 2.75) is 164 Å². The second-order valence-electron chi connectivity index (χ2n) is 19.5. The van der Waals surface area contributed by atoms with Crippen LogP contribution in [0.3, 0.4) is 0 Å². The maximum Gasteiger partial charge on any atom is 0.246 e. The highest BCUT2D eigenvalue weighted by molar-refractivity contribution is 8.77. The molecule has 17 N–H and O–H groups in total. The first-order valence-corrected chi connectivity index (χ1v) is 28.1. The van der Waals surface area contributed by atoms with E-state index in [-0.39, 0.29) is 81.7 Å². The monoisotopic (exact) mass is 1090 g/mol. The minimum absolute atomic E-state index is 0.00942. The van der Waals surface area contributed by atoms with E-state index >= 15 is 0 Å². The fraction of sp³-hybridized carbons (Fsp3) is 0.653. The lowest BCUT2D eigenvalue weighted by Crippen LogP contribution is -2.61. The molecule has 1 spiro atoms. The fourth-order valence-electron chi connectivity index (χ4n) is 9.26. The van der Waals surface area contributed by atoms with Gasteiger partial charge in [0.2, 0.25) is 59.1 Å². The maximum absolute atomic E-state index is 14.9. The number of rotatable bonds is 20. The molecule has 416 valence electrons. The number of nitrogens with zero attached hydrogens (tertiary/aromatic N) is 2. The van der Waals surface area contributed by atoms with Crippen molar-refractivity contribution in [3.8, 4) is 0 Å². The van der Waals surface area contributed by atoms with Gasteiger partial charge in [-0.15, -0.1) is 0 Å². The van der Waals surface area contributed by atoms with E-state index in [0.717, 1.165) is 19.3 Å². The Balaban J connectivity index is 1.75. The number of nitrogens with one attached hydrogen (secondary N) is 7. The van der Waals surface area contributed by atoms with Crippen LogP contribution in [0.5, 0.6) is 0 Å². The molecule has 26 heteroatoms. The molecule has 10 amide bonds. The van der Waals surface area contributed by atoms with Gasteiger partial charge in [-0.25, -0.2) is 0 Å². The highest BCUT2D eigenvalue weighted by atomic mass is 33.1. The summed E-state index contributed by atoms with van der Waals surface area (Å²) in [6.45, 7) is 3.69. The molecule has 3 fully saturated rings. The van der Waals surface area contributed by atoms with Gasteiger partial charge in [0.15, 0.2) is 5.96 Å². The SMILES string of the molecule is CC[C@H](C)[C@@H]1NC(=O)CC2(CCCCC2)SSC[C@@H](C(=O)N2CCC[C@@H]2C(=O)N[C@@H](CCCN=C(N)N)C(=O)NCC(N)=O)NC(=O)[C@H](CC(N)=O)NC(=O)[C@H](CCCCN)NC(=O)[C@@H](Cc2ccccc2)NC1=O. The first-order chi connectivity index (χ1) is 35.8. The average Bonchev–Trinajstić information content (AvgIpc) is 3.87. The number of hydrogen-bond donors (Lipinski definition) is 12. The van der Waals surface area contributed by atoms with Gasteiger partial charge in [0.25, 0.3) is 0 Å². The molecule has 1 saturated carbocycles. The summed E-state index contributed by atoms with van der Waals surface area (Å²) in [6.07, 6.45) is 5.30. The molecule has 1 aromatic carbocycles. The van der Waals surface area contributed by atoms with Crippen LogP contribution in [0.15, 0.2) is 35.3 Å². The van der Waals surface area contributed by atoms with E-state index in [1.807, 2.05) is 13.8 Å². The summed E-state index contributed by atoms with van der Waals surface area (Å²) >= 11 is 0. The molecule has 2 heterocycles. The fourth-order valence-corrected chi connectivity index (χ4v) is 12.6. The summed E-state index contributed by atoms with van der Waals surface area (Å²) in [5.41, 5.74) is 28.3. The van der Waals surface area contributed by atoms with Crippen LogP contribution in [-0.4, -0.2) is 149 Å². The van der Waals surface area contributed by atoms with Gasteiger partial charge in [0.1, 0.15) is 42.3 Å². The Morgan fingerprint density at radius 1 is 0.813 bits per heavy atom. The van der Waals surface area contributed by atoms with Crippen LogP contribution < -0.4 is 65.9 Å². The van der Waals surface area contributed by atoms with Gasteiger partial charge in [0.05, 0.1) is 13.0 Å². The Morgan fingerprint density at radius 3 is 2.13 bits per heavy atom. The van der Waals surface area contributed by atoms with Crippen LogP contribution in [0.1, 0.15) is 116 Å². The van der Waals surface area contributed by atoms with E-state index in [4.69, 9.17) is 28.7 Å². The zero-order valence-electron chi connectivity index (χ0n) is 43.0. The van der Waals surface area contributed by atoms with Crippen molar-refractivity contribution in [1.29, 1.82) is 0 Å². The van der Waals surface area contributed by atoms with Crippen molar-refractivity contribution in [2.24, 2.45) is 39.6 Å². The second-order valence-corrected chi connectivity index (χ2v) is 22.3. The molecule has 24 nitrogen and oxygen atoms in total. The topological polar surface area (TPSA) is 401 Å². The maximum atomic E-state index is 14.9. The molecule has 1 aliphatic carbocycles. The largest absolute Gasteiger partial charge is 0.370 e. The molecule has 0 radical (unpaired) electrons. The zero-order chi connectivity index (χ0) is 55.1. The predicted molar refractivity (Wildman–Crippen MR) is 285 cm³/mol. The third-order valence-corrected chi connectivity index (χ3v) is 16.8. The molecule has 3 aliphatic rings. The highest BCUT2D eigenvalue weighted by Crippen LogP contribution is 2.48. The lowest BCUT2D eigenvalue weighted by molar-refractivity contribution is -0.142. The van der Waals surface area contributed by atoms with Gasteiger partial charge in [-0.1, -0.05) is 91.5 Å². The zero-order valence-corrected chi connectivity index (χ0v) is 44.7. The van der Waals surface area contributed by atoms with Gasteiger partial charge in [-0.05, 0) is 75.8 Å². The molecule has 8 atom stereocenters. The number of carbonyl (C=O) groups excluding carboxylic acids is 10. The summed E-state index contributed by atoms with van der Waals surface area (Å²) in [6, 6.07) is 0.00345. The van der Waals surface area contributed by atoms with Crippen molar-refractivity contribution in [1.82, 2.24) is 42.1 Å². The Bertz CT molecular complexity index is 2180. The Kier molecular flexibility index (Phi) is 25.4. The van der Waals surface area contributed by atoms with Crippen LogP contribution in [0.25, 0.3) is 0 Å². The van der Waals surface area contributed by atoms with E-state index in [9.17, 15) is 47.9 Å². The molecular formula is C49H78N14O10S2. The lowest BCUT2D eigenvalue weighted by Gasteiger charge is -2.37. The average molecular weight is 1090 g/mol. The minimum Gasteiger partial charge on any atom is -0.370 e. The van der Waals surface area contributed by atoms with Gasteiger partial charge in [-0.2, -0.15) is 0 Å². The Hall–Kier alpha value is -6.15. The summed E-state index contributed by atoms with van der Waals surface area (Å²) in [5, 5.41) is 19.0. The van der Waals surface area contributed by atoms with Crippen LogP contribution in [-0.2, 0) is 54.4 Å². The molecule has 0 unspecified atom stereocenters. The van der Waals surface area contributed by atoms with Crippen molar-refractivity contribution in [2.75, 3.05) is 31.9 Å². The standard InChI is InChI=1S/C49H78N14O10S2/c1-3-29(2)40-46(72)60-33(24-30-14-6-4-7-15-30)43(69)57-32(16-8-11-21-50)42(68)59-34(25-37(51)64)44(70)61-35(28-74-75-49(26-39(66)62-40)19-9-5-10-20-49)47(73)63-23-13-18-36(63)45(71)58-31(17-12-22-55-48(53)54)41(67)56-27-38(52)65/h4,6-7,14-15,29,31-36,40H,3,5,8-13,16-28,50H2,1-2H3,(H2,51,64)(H2,52,65)(H,56,67)(H,57,69)(H,58,71)(H,59,68)(H,60,72)(H,61,70)(H,62,66)(H4,53,54,55)/t29-,31-,32-,33+,34-,35-,36+,40-/m0/s1. The van der Waals surface area contributed by atoms with Gasteiger partial charge in [0, 0.05) is 36.4 Å². The number of likely N-dealkylation sites (tertiary alicyclic amines) is 1. The van der Waals surface area contributed by atoms with Gasteiger partial charge >= 0.3 is 0 Å². The summed E-state index contributed by atoms with van der Waals surface area (Å²) in [7, 11) is 2.62. The first kappa shape index (κ1) is 61.4. The number of hydrogen-bond acceptors (Lipinski definition) is 14. The summed E-state index contributed by atoms with van der Waals surface area (Å²) < 4.78 is -0.666. The van der Waals surface area contributed by atoms with Crippen molar-refractivity contribution >= 4 is 86.6 Å². The van der Waals surface area contributed by atoms with Gasteiger partial charge in [-0.3, -0.25) is 52.9 Å². The number of amides is 10. The molecule has 4 rings (SSSR count). The Morgan fingerprint density at radius 2 is 1.48 bits per heavy atom. The molecule has 2 aliphatic heterocycles. The third kappa shape index (κ3) is 20.1. The van der Waals surface area contributed by atoms with Crippen LogP contribution in [0, 0.1) is 5.92 Å². The van der Waals surface area contributed by atoms with E-state index < -0.39 is 113 Å². The normalized spacial score (nSPS) is 23.9. The van der Waals surface area contributed by atoms with Crippen molar-refractivity contribution in [3.63, 3.8) is 0 Å². The molecule has 2 saturated heterocycles. The minimum atomic E-state index is -1.65. The third-order valence-electron chi connectivity index (χ3n) is 13.5. The summed E-state index contributed by atoms with van der Waals surface area (Å²) in [5.74, 6) is -8.03. The molecular weight excluding hydrogens is 1010 g/mol. The van der Waals surface area contributed by atoms with Crippen LogP contribution >= 0.6 is 21.6 Å². The molecule has 0 bridgehead atoms. The van der Waals surface area contributed by atoms with Crippen LogP contribution in [0.4, 0.5) is 0 Å². The van der Waals surface area contributed by atoms with E-state index in [2.05, 4.69) is 42.2 Å². The quantitative estimate of drug-likeness (QED) is 0.0301. The smallest absolute Gasteiger partial charge is 0.246 e. The number of primary amides is 2. The number of carbonyl (C=O) groups is 10.